The number of rotatable bonds is 11. The summed E-state index contributed by atoms with van der Waals surface area (Å²) in [4.78, 5) is 78.8. The summed E-state index contributed by atoms with van der Waals surface area (Å²) < 4.78 is 54.8. The number of esters is 3. The SMILES string of the molecule is CC(=O)OCOC(=O)[C@@H]1[C@@H](Cc2ccnc(NC(=O)OCOC(=O)C(C)C)c2)C(=O)N1C(=O)N[C@H](C)c1ccc2c(c1)OC(F)(F)O2. The van der Waals surface area contributed by atoms with Gasteiger partial charge in [0.2, 0.25) is 19.5 Å². The normalized spacial score (nSPS) is 18.0. The number of carbonyl (C=O) groups is 6. The second kappa shape index (κ2) is 14.3. The number of nitrogens with one attached hydrogen (secondary N) is 2. The fraction of sp³-hybridized carbons (Fsp3) is 0.414. The fourth-order valence-electron chi connectivity index (χ4n) is 4.44. The van der Waals surface area contributed by atoms with E-state index in [9.17, 15) is 37.5 Å². The van der Waals surface area contributed by atoms with E-state index in [4.69, 9.17) is 14.2 Å². The standard InChI is InChI=1S/C29H30F2N4O12/c1-14(2)25(38)43-13-45-28(41)34-22-10-17(7-8-32-22)9-19-23(26(39)44-12-42-16(4)36)35(24(19)37)27(40)33-15(3)18-5-6-20-21(11-18)47-29(30,31)46-20/h5-8,10-11,14-15,19,23H,9,12-13H2,1-4H3,(H,33,40)(H,32,34,41)/t15-,19-,23+/m1/s1. The van der Waals surface area contributed by atoms with Crippen LogP contribution in [0.15, 0.2) is 36.5 Å². The van der Waals surface area contributed by atoms with Crippen LogP contribution in [0, 0.1) is 11.8 Å². The quantitative estimate of drug-likeness (QED) is 0.202. The molecule has 47 heavy (non-hydrogen) atoms. The lowest BCUT2D eigenvalue weighted by atomic mass is 9.82. The van der Waals surface area contributed by atoms with E-state index in [0.29, 0.717) is 16.0 Å². The molecule has 2 aliphatic heterocycles. The summed E-state index contributed by atoms with van der Waals surface area (Å²) >= 11 is 0. The van der Waals surface area contributed by atoms with Crippen molar-refractivity contribution in [2.75, 3.05) is 18.9 Å². The first kappa shape index (κ1) is 34.3. The van der Waals surface area contributed by atoms with Crippen LogP contribution in [0.1, 0.15) is 44.9 Å². The van der Waals surface area contributed by atoms with Crippen molar-refractivity contribution in [3.8, 4) is 11.5 Å². The highest BCUT2D eigenvalue weighted by Gasteiger charge is 2.55. The zero-order chi connectivity index (χ0) is 34.5. The molecule has 4 rings (SSSR count). The number of urea groups is 1. The van der Waals surface area contributed by atoms with Gasteiger partial charge in [0.15, 0.2) is 17.5 Å². The van der Waals surface area contributed by atoms with E-state index in [1.54, 1.807) is 13.8 Å². The molecule has 4 amide bonds. The van der Waals surface area contributed by atoms with Crippen LogP contribution >= 0.6 is 0 Å². The number of alkyl halides is 2. The summed E-state index contributed by atoms with van der Waals surface area (Å²) in [6, 6.07) is 3.47. The van der Waals surface area contributed by atoms with Gasteiger partial charge in [-0.05, 0) is 48.7 Å². The van der Waals surface area contributed by atoms with Gasteiger partial charge in [-0.25, -0.2) is 24.3 Å². The Kier molecular flexibility index (Phi) is 10.4. The number of benzene rings is 1. The van der Waals surface area contributed by atoms with Gasteiger partial charge in [0.1, 0.15) is 5.82 Å². The van der Waals surface area contributed by atoms with Gasteiger partial charge in [0.05, 0.1) is 17.9 Å². The Hall–Kier alpha value is -5.55. The average Bonchev–Trinajstić information content (AvgIpc) is 3.31. The summed E-state index contributed by atoms with van der Waals surface area (Å²) in [5.74, 6) is -5.10. The molecule has 0 spiro atoms. The van der Waals surface area contributed by atoms with Crippen molar-refractivity contribution in [1.29, 1.82) is 0 Å². The zero-order valence-electron chi connectivity index (χ0n) is 25.4. The van der Waals surface area contributed by atoms with Crippen LogP contribution in [0.5, 0.6) is 11.5 Å². The number of halogens is 2. The maximum absolute atomic E-state index is 13.4. The number of ether oxygens (including phenoxy) is 6. The largest absolute Gasteiger partial charge is 0.586 e. The Morgan fingerprint density at radius 3 is 2.38 bits per heavy atom. The molecule has 1 saturated heterocycles. The van der Waals surface area contributed by atoms with E-state index < -0.39 is 79.7 Å². The molecule has 252 valence electrons. The number of nitrogens with zero attached hydrogens (tertiary/aromatic N) is 2. The highest BCUT2D eigenvalue weighted by molar-refractivity contribution is 6.08. The molecule has 2 aromatic rings. The zero-order valence-corrected chi connectivity index (χ0v) is 25.4. The molecular formula is C29H30F2N4O12. The summed E-state index contributed by atoms with van der Waals surface area (Å²) in [5.41, 5.74) is 0.744. The molecule has 1 aromatic heterocycles. The number of β-lactam (4-membered cyclic amide) rings is 1. The Balaban J connectivity index is 1.43. The number of aromatic nitrogens is 1. The van der Waals surface area contributed by atoms with Gasteiger partial charge in [0.25, 0.3) is 0 Å². The number of pyridine rings is 1. The lowest BCUT2D eigenvalue weighted by Crippen LogP contribution is -2.69. The van der Waals surface area contributed by atoms with E-state index in [0.717, 1.165) is 6.92 Å². The number of carbonyl (C=O) groups excluding carboxylic acids is 6. The van der Waals surface area contributed by atoms with Gasteiger partial charge in [0, 0.05) is 13.1 Å². The van der Waals surface area contributed by atoms with Crippen LogP contribution in [-0.2, 0) is 44.5 Å². The van der Waals surface area contributed by atoms with Crippen LogP contribution in [0.25, 0.3) is 0 Å². The Morgan fingerprint density at radius 1 is 0.979 bits per heavy atom. The fourth-order valence-corrected chi connectivity index (χ4v) is 4.44. The Labute approximate surface area is 265 Å². The monoisotopic (exact) mass is 664 g/mol. The smallest absolute Gasteiger partial charge is 0.428 e. The molecular weight excluding hydrogens is 634 g/mol. The second-order valence-electron chi connectivity index (χ2n) is 10.6. The van der Waals surface area contributed by atoms with Crippen molar-refractivity contribution >= 4 is 41.8 Å². The second-order valence-corrected chi connectivity index (χ2v) is 10.6. The Bertz CT molecular complexity index is 1570. The van der Waals surface area contributed by atoms with Gasteiger partial charge in [-0.3, -0.25) is 19.7 Å². The van der Waals surface area contributed by atoms with Gasteiger partial charge >= 0.3 is 36.3 Å². The van der Waals surface area contributed by atoms with Crippen molar-refractivity contribution in [2.24, 2.45) is 11.8 Å². The number of anilines is 1. The molecule has 0 unspecified atom stereocenters. The Morgan fingerprint density at radius 2 is 1.68 bits per heavy atom. The highest BCUT2D eigenvalue weighted by atomic mass is 19.3. The molecule has 18 heteroatoms. The number of hydrogen-bond donors (Lipinski definition) is 2. The van der Waals surface area contributed by atoms with Crippen LogP contribution < -0.4 is 20.1 Å². The summed E-state index contributed by atoms with van der Waals surface area (Å²) in [6.07, 6.45) is -3.62. The van der Waals surface area contributed by atoms with Gasteiger partial charge in [-0.2, -0.15) is 0 Å². The van der Waals surface area contributed by atoms with Crippen molar-refractivity contribution in [3.63, 3.8) is 0 Å². The minimum absolute atomic E-state index is 0.00774. The van der Waals surface area contributed by atoms with E-state index in [2.05, 4.69) is 29.8 Å². The van der Waals surface area contributed by atoms with Gasteiger partial charge in [-0.15, -0.1) is 8.78 Å². The van der Waals surface area contributed by atoms with E-state index in [1.807, 2.05) is 0 Å². The van der Waals surface area contributed by atoms with Crippen LogP contribution in [0.2, 0.25) is 0 Å². The van der Waals surface area contributed by atoms with Gasteiger partial charge in [-0.1, -0.05) is 19.9 Å². The third kappa shape index (κ3) is 8.59. The minimum atomic E-state index is -3.84. The number of amides is 4. The highest BCUT2D eigenvalue weighted by Crippen LogP contribution is 2.42. The van der Waals surface area contributed by atoms with E-state index in [-0.39, 0.29) is 23.7 Å². The molecule has 1 aromatic carbocycles. The number of hydrogen-bond acceptors (Lipinski definition) is 13. The molecule has 3 heterocycles. The topological polar surface area (TPSA) is 198 Å². The first-order chi connectivity index (χ1) is 22.1. The predicted octanol–water partition coefficient (Wildman–Crippen LogP) is 3.01. The van der Waals surface area contributed by atoms with Gasteiger partial charge < -0.3 is 33.7 Å². The van der Waals surface area contributed by atoms with Crippen molar-refractivity contribution in [3.05, 3.63) is 47.7 Å². The number of fused-ring (bicyclic) bond motifs is 1. The molecule has 0 aliphatic carbocycles. The summed E-state index contributed by atoms with van der Waals surface area (Å²) in [6.45, 7) is 4.42. The number of imide groups is 1. The lowest BCUT2D eigenvalue weighted by Gasteiger charge is -2.44. The van der Waals surface area contributed by atoms with Crippen molar-refractivity contribution < 1.29 is 66.0 Å². The first-order valence-electron chi connectivity index (χ1n) is 14.0. The predicted molar refractivity (Wildman–Crippen MR) is 150 cm³/mol. The molecule has 2 N–H and O–H groups in total. The van der Waals surface area contributed by atoms with Crippen LogP contribution in [0.4, 0.5) is 24.2 Å². The maximum atomic E-state index is 13.4. The molecule has 0 saturated carbocycles. The molecule has 2 aliphatic rings. The molecule has 3 atom stereocenters. The minimum Gasteiger partial charge on any atom is -0.428 e. The van der Waals surface area contributed by atoms with E-state index in [1.165, 1.54) is 43.5 Å². The maximum Gasteiger partial charge on any atom is 0.586 e. The molecule has 0 radical (unpaired) electrons. The number of likely N-dealkylation sites (tertiary alicyclic amines) is 1. The third-order valence-electron chi connectivity index (χ3n) is 6.78. The van der Waals surface area contributed by atoms with Crippen molar-refractivity contribution in [2.45, 2.75) is 52.5 Å². The third-order valence-corrected chi connectivity index (χ3v) is 6.78. The summed E-state index contributed by atoms with van der Waals surface area (Å²) in [7, 11) is 0. The molecule has 0 bridgehead atoms. The van der Waals surface area contributed by atoms with Crippen molar-refractivity contribution in [1.82, 2.24) is 15.2 Å². The van der Waals surface area contributed by atoms with Crippen LogP contribution in [-0.4, -0.2) is 71.7 Å². The summed E-state index contributed by atoms with van der Waals surface area (Å²) in [5, 5.41) is 4.87. The van der Waals surface area contributed by atoms with Crippen LogP contribution in [0.3, 0.4) is 0 Å². The lowest BCUT2D eigenvalue weighted by molar-refractivity contribution is -0.286. The van der Waals surface area contributed by atoms with E-state index >= 15 is 0 Å². The molecule has 16 nitrogen and oxygen atoms in total. The first-order valence-corrected chi connectivity index (χ1v) is 14.0. The molecule has 1 fully saturated rings. The average molecular weight is 665 g/mol.